The van der Waals surface area contributed by atoms with Gasteiger partial charge in [0.15, 0.2) is 5.11 Å². The van der Waals surface area contributed by atoms with Crippen molar-refractivity contribution < 1.29 is 9.72 Å². The van der Waals surface area contributed by atoms with E-state index in [1.165, 1.54) is 24.3 Å². The largest absolute Gasteiger partial charge is 0.332 e. The number of carbonyl (C=O) groups is 1. The lowest BCUT2D eigenvalue weighted by atomic mass is 10.2. The van der Waals surface area contributed by atoms with Gasteiger partial charge in [-0.15, -0.1) is 0 Å². The Kier molecular flexibility index (Phi) is 6.02. The van der Waals surface area contributed by atoms with Crippen LogP contribution >= 0.6 is 50.7 Å². The Hall–Kier alpha value is -1.59. The number of hydrogen-bond donors (Lipinski definition) is 2. The molecule has 2 rings (SSSR count). The zero-order valence-corrected chi connectivity index (χ0v) is 15.9. The Morgan fingerprint density at radius 2 is 2.00 bits per heavy atom. The Morgan fingerprint density at radius 3 is 2.65 bits per heavy atom. The lowest BCUT2D eigenvalue weighted by Crippen LogP contribution is -2.34. The zero-order valence-electron chi connectivity index (χ0n) is 11.4. The minimum absolute atomic E-state index is 0.113. The first kappa shape index (κ1) is 17.8. The molecule has 118 valence electrons. The number of rotatable bonds is 3. The molecule has 0 aliphatic rings. The number of carbonyl (C=O) groups excluding carboxylic acids is 1. The van der Waals surface area contributed by atoms with Gasteiger partial charge in [-0.3, -0.25) is 20.2 Å². The highest BCUT2D eigenvalue weighted by atomic mass is 127. The molecule has 0 saturated carbocycles. The molecular formula is C14H9BrIN3O3S. The Morgan fingerprint density at radius 1 is 1.26 bits per heavy atom. The summed E-state index contributed by atoms with van der Waals surface area (Å²) in [6, 6.07) is 11.0. The summed E-state index contributed by atoms with van der Waals surface area (Å²) in [5, 5.41) is 16.3. The van der Waals surface area contributed by atoms with Crippen LogP contribution in [0.2, 0.25) is 0 Å². The minimum Gasteiger partial charge on any atom is -0.332 e. The number of nitro groups is 1. The summed E-state index contributed by atoms with van der Waals surface area (Å²) in [5.74, 6) is -0.515. The number of nitrogens with one attached hydrogen (secondary N) is 2. The van der Waals surface area contributed by atoms with E-state index in [0.29, 0.717) is 0 Å². The van der Waals surface area contributed by atoms with Gasteiger partial charge in [-0.1, -0.05) is 22.0 Å². The van der Waals surface area contributed by atoms with Crippen molar-refractivity contribution in [1.29, 1.82) is 0 Å². The van der Waals surface area contributed by atoms with Crippen LogP contribution in [-0.4, -0.2) is 15.9 Å². The van der Waals surface area contributed by atoms with Gasteiger partial charge in [-0.2, -0.15) is 0 Å². The van der Waals surface area contributed by atoms with E-state index in [9.17, 15) is 14.9 Å². The molecule has 0 bridgehead atoms. The molecule has 0 spiro atoms. The molecular weight excluding hydrogens is 497 g/mol. The molecule has 9 heteroatoms. The van der Waals surface area contributed by atoms with Crippen molar-refractivity contribution in [1.82, 2.24) is 5.32 Å². The van der Waals surface area contributed by atoms with Crippen LogP contribution < -0.4 is 10.6 Å². The number of nitrogens with zero attached hydrogens (tertiary/aromatic N) is 1. The standard InChI is InChI=1S/C14H9BrIN3O3S/c15-9-4-5-12(11(16)7-9)17-14(23)18-13(20)8-2-1-3-10(6-8)19(21)22/h1-7H,(H2,17,18,20,23). The molecule has 0 heterocycles. The SMILES string of the molecule is O=C(NC(=S)Nc1ccc(Br)cc1I)c1cccc([N+](=O)[O-])c1. The number of non-ortho nitro benzene ring substituents is 1. The fourth-order valence-electron chi connectivity index (χ4n) is 1.68. The lowest BCUT2D eigenvalue weighted by molar-refractivity contribution is -0.384. The van der Waals surface area contributed by atoms with Gasteiger partial charge in [0.2, 0.25) is 0 Å². The lowest BCUT2D eigenvalue weighted by Gasteiger charge is -2.11. The highest BCUT2D eigenvalue weighted by Crippen LogP contribution is 2.22. The van der Waals surface area contributed by atoms with Crippen molar-refractivity contribution in [3.8, 4) is 0 Å². The van der Waals surface area contributed by atoms with E-state index in [0.717, 1.165) is 13.7 Å². The summed E-state index contributed by atoms with van der Waals surface area (Å²) in [5.41, 5.74) is 0.756. The third-order valence-electron chi connectivity index (χ3n) is 2.73. The molecule has 0 saturated heterocycles. The second-order valence-electron chi connectivity index (χ2n) is 4.34. The van der Waals surface area contributed by atoms with Crippen molar-refractivity contribution >= 4 is 73.1 Å². The van der Waals surface area contributed by atoms with E-state index in [2.05, 4.69) is 49.2 Å². The monoisotopic (exact) mass is 505 g/mol. The van der Waals surface area contributed by atoms with Gasteiger partial charge in [-0.25, -0.2) is 0 Å². The van der Waals surface area contributed by atoms with Crippen molar-refractivity contribution in [2.75, 3.05) is 5.32 Å². The molecule has 0 atom stereocenters. The number of halogens is 2. The van der Waals surface area contributed by atoms with E-state index in [-0.39, 0.29) is 16.4 Å². The minimum atomic E-state index is -0.558. The zero-order chi connectivity index (χ0) is 17.0. The predicted molar refractivity (Wildman–Crippen MR) is 104 cm³/mol. The second-order valence-corrected chi connectivity index (χ2v) is 6.83. The van der Waals surface area contributed by atoms with Gasteiger partial charge < -0.3 is 5.32 Å². The molecule has 23 heavy (non-hydrogen) atoms. The van der Waals surface area contributed by atoms with Crippen molar-refractivity contribution in [2.45, 2.75) is 0 Å². The first-order chi connectivity index (χ1) is 10.9. The Balaban J connectivity index is 2.06. The average molecular weight is 506 g/mol. The number of thiocarbonyl (C=S) groups is 1. The quantitative estimate of drug-likeness (QED) is 0.284. The van der Waals surface area contributed by atoms with E-state index < -0.39 is 10.8 Å². The fraction of sp³-hybridized carbons (Fsp3) is 0. The summed E-state index contributed by atoms with van der Waals surface area (Å²) >= 11 is 10.6. The molecule has 0 aliphatic carbocycles. The summed E-state index contributed by atoms with van der Waals surface area (Å²) in [7, 11) is 0. The van der Waals surface area contributed by atoms with Crippen LogP contribution in [0.15, 0.2) is 46.9 Å². The highest BCUT2D eigenvalue weighted by Gasteiger charge is 2.13. The third kappa shape index (κ3) is 4.94. The van der Waals surface area contributed by atoms with Crippen molar-refractivity contribution in [3.63, 3.8) is 0 Å². The Bertz CT molecular complexity index is 801. The van der Waals surface area contributed by atoms with Gasteiger partial charge in [-0.05, 0) is 59.1 Å². The van der Waals surface area contributed by atoms with Crippen LogP contribution in [0.1, 0.15) is 10.4 Å². The van der Waals surface area contributed by atoms with Crippen molar-refractivity contribution in [2.24, 2.45) is 0 Å². The molecule has 0 unspecified atom stereocenters. The fourth-order valence-corrected chi connectivity index (χ4v) is 3.32. The van der Waals surface area contributed by atoms with Gasteiger partial charge >= 0.3 is 0 Å². The number of benzene rings is 2. The summed E-state index contributed by atoms with van der Waals surface area (Å²) in [6.07, 6.45) is 0. The van der Waals surface area contributed by atoms with E-state index >= 15 is 0 Å². The predicted octanol–water partition coefficient (Wildman–Crippen LogP) is 4.09. The molecule has 0 radical (unpaired) electrons. The maximum absolute atomic E-state index is 12.1. The molecule has 0 fully saturated rings. The smallest absolute Gasteiger partial charge is 0.270 e. The number of anilines is 1. The van der Waals surface area contributed by atoms with Gasteiger partial charge in [0.05, 0.1) is 10.6 Å². The molecule has 2 aromatic carbocycles. The van der Waals surface area contributed by atoms with Gasteiger partial charge in [0.25, 0.3) is 11.6 Å². The maximum Gasteiger partial charge on any atom is 0.270 e. The topological polar surface area (TPSA) is 84.3 Å². The molecule has 2 N–H and O–H groups in total. The van der Waals surface area contributed by atoms with Crippen LogP contribution in [0.4, 0.5) is 11.4 Å². The second kappa shape index (κ2) is 7.79. The summed E-state index contributed by atoms with van der Waals surface area (Å²) < 4.78 is 1.85. The highest BCUT2D eigenvalue weighted by molar-refractivity contribution is 14.1. The first-order valence-electron chi connectivity index (χ1n) is 6.18. The average Bonchev–Trinajstić information content (AvgIpc) is 2.50. The number of nitro benzene ring substituents is 1. The van der Waals surface area contributed by atoms with Gasteiger partial charge in [0.1, 0.15) is 0 Å². The normalized spacial score (nSPS) is 10.0. The summed E-state index contributed by atoms with van der Waals surface area (Å²) in [6.45, 7) is 0. The first-order valence-corrected chi connectivity index (χ1v) is 8.46. The molecule has 2 aromatic rings. The molecule has 0 aliphatic heterocycles. The van der Waals surface area contributed by atoms with E-state index in [1.54, 1.807) is 0 Å². The third-order valence-corrected chi connectivity index (χ3v) is 4.32. The Labute approximate surface area is 159 Å². The van der Waals surface area contributed by atoms with Crippen LogP contribution in [0, 0.1) is 13.7 Å². The maximum atomic E-state index is 12.1. The van der Waals surface area contributed by atoms with Crippen LogP contribution in [-0.2, 0) is 0 Å². The number of amides is 1. The van der Waals surface area contributed by atoms with Gasteiger partial charge in [0, 0.05) is 25.7 Å². The molecule has 0 aromatic heterocycles. The van der Waals surface area contributed by atoms with E-state index in [4.69, 9.17) is 12.2 Å². The van der Waals surface area contributed by atoms with Crippen LogP contribution in [0.25, 0.3) is 0 Å². The molecule has 6 nitrogen and oxygen atoms in total. The van der Waals surface area contributed by atoms with Crippen molar-refractivity contribution in [3.05, 3.63) is 66.2 Å². The number of hydrogen-bond acceptors (Lipinski definition) is 4. The van der Waals surface area contributed by atoms with Crippen LogP contribution in [0.3, 0.4) is 0 Å². The summed E-state index contributed by atoms with van der Waals surface area (Å²) in [4.78, 5) is 22.3. The van der Waals surface area contributed by atoms with Crippen LogP contribution in [0.5, 0.6) is 0 Å². The van der Waals surface area contributed by atoms with E-state index in [1.807, 2.05) is 18.2 Å². The molecule has 1 amide bonds.